The fourth-order valence-electron chi connectivity index (χ4n) is 2.53. The minimum absolute atomic E-state index is 0.0743. The number of hydrogen-bond acceptors (Lipinski definition) is 5. The molecule has 1 aliphatic heterocycles. The highest BCUT2D eigenvalue weighted by molar-refractivity contribution is 7.92. The Hall–Kier alpha value is -1.93. The van der Waals surface area contributed by atoms with E-state index in [1.165, 1.54) is 24.3 Å². The van der Waals surface area contributed by atoms with Crippen LogP contribution in [0.15, 0.2) is 29.2 Å². The Bertz CT molecular complexity index is 737. The lowest BCUT2D eigenvalue weighted by molar-refractivity contribution is -0.127. The van der Waals surface area contributed by atoms with Gasteiger partial charge in [-0.1, -0.05) is 6.07 Å². The minimum Gasteiger partial charge on any atom is -0.381 e. The number of nitrogens with one attached hydrogen (secondary N) is 1. The lowest BCUT2D eigenvalue weighted by Crippen LogP contribution is -2.60. The first-order valence-corrected chi connectivity index (χ1v) is 9.28. The van der Waals surface area contributed by atoms with E-state index in [1.54, 1.807) is 13.8 Å². The number of primary amides is 1. The number of rotatable bonds is 5. The summed E-state index contributed by atoms with van der Waals surface area (Å²) in [7, 11) is -3.49. The van der Waals surface area contributed by atoms with E-state index in [2.05, 4.69) is 5.32 Å². The molecule has 1 fully saturated rings. The number of hydrogen-bond donors (Lipinski definition) is 2. The zero-order valence-corrected chi connectivity index (χ0v) is 14.6. The monoisotopic (exact) mass is 354 g/mol. The number of benzene rings is 1. The molecule has 0 bridgehead atoms. The summed E-state index contributed by atoms with van der Waals surface area (Å²) in [6.45, 7) is 3.80. The largest absolute Gasteiger partial charge is 0.381 e. The molecule has 132 valence electrons. The number of nitrogens with two attached hydrogens (primary N) is 1. The lowest BCUT2D eigenvalue weighted by Gasteiger charge is -2.35. The molecule has 7 nitrogen and oxygen atoms in total. The van der Waals surface area contributed by atoms with E-state index in [-0.39, 0.29) is 23.3 Å². The summed E-state index contributed by atoms with van der Waals surface area (Å²) in [5, 5.41) is 2.07. The van der Waals surface area contributed by atoms with Crippen LogP contribution in [0.5, 0.6) is 0 Å². The second-order valence-electron chi connectivity index (χ2n) is 6.13. The van der Waals surface area contributed by atoms with Crippen molar-refractivity contribution in [3.63, 3.8) is 0 Å². The van der Waals surface area contributed by atoms with Crippen LogP contribution in [0.2, 0.25) is 0 Å². The van der Waals surface area contributed by atoms with Crippen LogP contribution in [0.1, 0.15) is 37.0 Å². The third-order valence-corrected chi connectivity index (χ3v) is 6.37. The predicted molar refractivity (Wildman–Crippen MR) is 88.2 cm³/mol. The number of ether oxygens (including phenoxy) is 1. The Morgan fingerprint density at radius 2 is 1.88 bits per heavy atom. The van der Waals surface area contributed by atoms with Gasteiger partial charge < -0.3 is 15.8 Å². The van der Waals surface area contributed by atoms with Gasteiger partial charge in [0.1, 0.15) is 5.54 Å². The molecule has 0 saturated carbocycles. The maximum Gasteiger partial charge on any atom is 0.252 e. The van der Waals surface area contributed by atoms with Crippen molar-refractivity contribution in [2.75, 3.05) is 13.2 Å². The van der Waals surface area contributed by atoms with Crippen molar-refractivity contribution in [2.24, 2.45) is 5.73 Å². The molecule has 2 rings (SSSR count). The van der Waals surface area contributed by atoms with E-state index >= 15 is 0 Å². The zero-order chi connectivity index (χ0) is 18.0. The smallest absolute Gasteiger partial charge is 0.252 e. The molecule has 8 heteroatoms. The number of sulfone groups is 1. The summed E-state index contributed by atoms with van der Waals surface area (Å²) in [5.74, 6) is -1.15. The van der Waals surface area contributed by atoms with E-state index in [1.807, 2.05) is 0 Å². The molecular weight excluding hydrogens is 332 g/mol. The van der Waals surface area contributed by atoms with Crippen molar-refractivity contribution < 1.29 is 22.7 Å². The lowest BCUT2D eigenvalue weighted by atomic mass is 9.89. The number of carbonyl (C=O) groups excluding carboxylic acids is 2. The average molecular weight is 354 g/mol. The van der Waals surface area contributed by atoms with Crippen LogP contribution in [-0.4, -0.2) is 44.2 Å². The van der Waals surface area contributed by atoms with Gasteiger partial charge in [-0.25, -0.2) is 8.42 Å². The van der Waals surface area contributed by atoms with Gasteiger partial charge in [0.2, 0.25) is 5.91 Å². The Morgan fingerprint density at radius 1 is 1.25 bits per heavy atom. The van der Waals surface area contributed by atoms with E-state index in [0.29, 0.717) is 13.2 Å². The summed E-state index contributed by atoms with van der Waals surface area (Å²) in [5.41, 5.74) is 4.47. The van der Waals surface area contributed by atoms with Gasteiger partial charge in [-0.2, -0.15) is 0 Å². The third kappa shape index (κ3) is 3.59. The average Bonchev–Trinajstić information content (AvgIpc) is 2.55. The van der Waals surface area contributed by atoms with Crippen molar-refractivity contribution in [1.29, 1.82) is 0 Å². The molecule has 2 amide bonds. The van der Waals surface area contributed by atoms with Crippen LogP contribution in [0.4, 0.5) is 0 Å². The molecule has 0 unspecified atom stereocenters. The van der Waals surface area contributed by atoms with Crippen LogP contribution in [-0.2, 0) is 19.4 Å². The predicted octanol–water partition coefficient (Wildman–Crippen LogP) is 0.633. The van der Waals surface area contributed by atoms with Crippen molar-refractivity contribution in [1.82, 2.24) is 5.32 Å². The highest BCUT2D eigenvalue weighted by Gasteiger charge is 2.40. The Morgan fingerprint density at radius 3 is 2.42 bits per heavy atom. The first kappa shape index (κ1) is 18.4. The van der Waals surface area contributed by atoms with Crippen molar-refractivity contribution >= 4 is 21.7 Å². The molecule has 1 aromatic rings. The summed E-state index contributed by atoms with van der Waals surface area (Å²) >= 11 is 0. The van der Waals surface area contributed by atoms with Crippen molar-refractivity contribution in [2.45, 2.75) is 42.4 Å². The molecule has 1 saturated heterocycles. The Labute approximate surface area is 141 Å². The highest BCUT2D eigenvalue weighted by atomic mass is 32.2. The number of carbonyl (C=O) groups is 2. The van der Waals surface area contributed by atoms with Crippen LogP contribution in [0.25, 0.3) is 0 Å². The molecule has 0 spiro atoms. The second-order valence-corrected chi connectivity index (χ2v) is 8.64. The fraction of sp³-hybridized carbons (Fsp3) is 0.500. The van der Waals surface area contributed by atoms with Crippen LogP contribution < -0.4 is 11.1 Å². The molecule has 0 aromatic heterocycles. The van der Waals surface area contributed by atoms with Gasteiger partial charge >= 0.3 is 0 Å². The summed E-state index contributed by atoms with van der Waals surface area (Å²) < 4.78 is 29.7. The first-order chi connectivity index (χ1) is 11.2. The molecule has 3 N–H and O–H groups in total. The molecule has 0 radical (unpaired) electrons. The summed E-state index contributed by atoms with van der Waals surface area (Å²) in [6, 6.07) is 5.77. The van der Waals surface area contributed by atoms with E-state index in [4.69, 9.17) is 10.5 Å². The van der Waals surface area contributed by atoms with Gasteiger partial charge in [0.05, 0.1) is 10.1 Å². The van der Waals surface area contributed by atoms with E-state index < -0.39 is 32.4 Å². The van der Waals surface area contributed by atoms with Crippen LogP contribution >= 0.6 is 0 Å². The van der Waals surface area contributed by atoms with Gasteiger partial charge in [0, 0.05) is 31.6 Å². The van der Waals surface area contributed by atoms with Gasteiger partial charge in [0.15, 0.2) is 9.84 Å². The highest BCUT2D eigenvalue weighted by Crippen LogP contribution is 2.22. The Balaban J connectivity index is 2.29. The quantitative estimate of drug-likeness (QED) is 0.805. The van der Waals surface area contributed by atoms with E-state index in [0.717, 1.165) is 0 Å². The summed E-state index contributed by atoms with van der Waals surface area (Å²) in [4.78, 5) is 24.4. The van der Waals surface area contributed by atoms with E-state index in [9.17, 15) is 18.0 Å². The molecule has 24 heavy (non-hydrogen) atoms. The van der Waals surface area contributed by atoms with Gasteiger partial charge in [-0.15, -0.1) is 0 Å². The first-order valence-electron chi connectivity index (χ1n) is 7.73. The van der Waals surface area contributed by atoms with Crippen molar-refractivity contribution in [3.8, 4) is 0 Å². The maximum atomic E-state index is 12.5. The topological polar surface area (TPSA) is 116 Å². The Kier molecular flexibility index (Phi) is 5.29. The second kappa shape index (κ2) is 6.90. The molecular formula is C16H22N2O5S. The fourth-order valence-corrected chi connectivity index (χ4v) is 3.63. The van der Waals surface area contributed by atoms with Gasteiger partial charge in [-0.05, 0) is 32.0 Å². The number of amides is 2. The van der Waals surface area contributed by atoms with Gasteiger partial charge in [-0.3, -0.25) is 9.59 Å². The molecule has 0 aliphatic carbocycles. The third-order valence-electron chi connectivity index (χ3n) is 4.22. The normalized spacial score (nSPS) is 17.5. The maximum absolute atomic E-state index is 12.5. The SMILES string of the molecule is CC(C)S(=O)(=O)c1cccc(C(=O)NC2(C(N)=O)CCOCC2)c1. The molecule has 1 aromatic carbocycles. The molecule has 0 atom stereocenters. The standard InChI is InChI=1S/C16H22N2O5S/c1-11(2)24(21,22)13-5-3-4-12(10-13)14(19)18-16(15(17)20)6-8-23-9-7-16/h3-5,10-11H,6-9H2,1-2H3,(H2,17,20)(H,18,19). The van der Waals surface area contributed by atoms with Gasteiger partial charge in [0.25, 0.3) is 5.91 Å². The molecule has 1 heterocycles. The van der Waals surface area contributed by atoms with Crippen molar-refractivity contribution in [3.05, 3.63) is 29.8 Å². The zero-order valence-electron chi connectivity index (χ0n) is 13.7. The minimum atomic E-state index is -3.49. The van der Waals surface area contributed by atoms with Crippen LogP contribution in [0, 0.1) is 0 Å². The molecule has 1 aliphatic rings. The summed E-state index contributed by atoms with van der Waals surface area (Å²) in [6.07, 6.45) is 0.579. The van der Waals surface area contributed by atoms with Crippen LogP contribution in [0.3, 0.4) is 0 Å².